The monoisotopic (exact) mass is 464 g/mol. The quantitative estimate of drug-likeness (QED) is 0.513. The molecule has 2 aromatic carbocycles. The van der Waals surface area contributed by atoms with Gasteiger partial charge in [-0.3, -0.25) is 9.59 Å². The second kappa shape index (κ2) is 9.87. The number of amides is 2. The lowest BCUT2D eigenvalue weighted by molar-refractivity contribution is -0.140. The van der Waals surface area contributed by atoms with Gasteiger partial charge in [-0.1, -0.05) is 68.8 Å². The number of carboxylic acid groups (broad SMARTS) is 1. The van der Waals surface area contributed by atoms with Gasteiger partial charge in [0.25, 0.3) is 0 Å². The summed E-state index contributed by atoms with van der Waals surface area (Å²) < 4.78 is 5.60. The minimum Gasteiger partial charge on any atom is -0.481 e. The minimum atomic E-state index is -0.946. The molecule has 0 bridgehead atoms. The van der Waals surface area contributed by atoms with Gasteiger partial charge in [0, 0.05) is 18.5 Å². The number of carbonyl (C=O) groups is 3. The molecule has 7 heteroatoms. The van der Waals surface area contributed by atoms with Gasteiger partial charge in [0.2, 0.25) is 5.91 Å². The lowest BCUT2D eigenvalue weighted by Crippen LogP contribution is -2.55. The first kappa shape index (κ1) is 23.8. The molecule has 1 atom stereocenters. The Balaban J connectivity index is 1.35. The lowest BCUT2D eigenvalue weighted by atomic mass is 9.67. The van der Waals surface area contributed by atoms with Crippen molar-refractivity contribution in [3.63, 3.8) is 0 Å². The fraction of sp³-hybridized carbons (Fsp3) is 0.444. The van der Waals surface area contributed by atoms with Crippen LogP contribution in [0.1, 0.15) is 56.6 Å². The third kappa shape index (κ3) is 4.79. The molecule has 1 saturated carbocycles. The van der Waals surface area contributed by atoms with Crippen LogP contribution in [-0.4, -0.2) is 42.3 Å². The molecule has 0 aromatic heterocycles. The number of alkyl carbamates (subject to hydrolysis) is 1. The predicted octanol–water partition coefficient (Wildman–Crippen LogP) is 4.31. The van der Waals surface area contributed by atoms with Gasteiger partial charge in [0.1, 0.15) is 6.61 Å². The molecule has 2 aromatic rings. The summed E-state index contributed by atoms with van der Waals surface area (Å²) in [7, 11) is 0. The normalized spacial score (nSPS) is 16.7. The van der Waals surface area contributed by atoms with E-state index >= 15 is 0 Å². The van der Waals surface area contributed by atoms with Crippen LogP contribution in [0.3, 0.4) is 0 Å². The molecule has 180 valence electrons. The van der Waals surface area contributed by atoms with Crippen molar-refractivity contribution in [1.29, 1.82) is 0 Å². The first-order valence-corrected chi connectivity index (χ1v) is 11.9. The summed E-state index contributed by atoms with van der Waals surface area (Å²) in [5.74, 6) is -1.18. The molecule has 3 N–H and O–H groups in total. The Morgan fingerprint density at radius 3 is 2.12 bits per heavy atom. The van der Waals surface area contributed by atoms with Crippen molar-refractivity contribution in [3.8, 4) is 11.1 Å². The summed E-state index contributed by atoms with van der Waals surface area (Å²) in [4.78, 5) is 36.7. The highest BCUT2D eigenvalue weighted by Gasteiger charge is 2.45. The van der Waals surface area contributed by atoms with Gasteiger partial charge >= 0.3 is 12.1 Å². The van der Waals surface area contributed by atoms with Gasteiger partial charge in [-0.2, -0.15) is 0 Å². The molecule has 2 aliphatic carbocycles. The SMILES string of the molecule is CC(C)[C@H](CC(=O)O)NC(=O)C1(CNC(=O)OCC2c3ccccc3-c3ccccc32)CCC1. The molecule has 0 unspecified atom stereocenters. The van der Waals surface area contributed by atoms with Crippen LogP contribution in [-0.2, 0) is 14.3 Å². The molecule has 7 nitrogen and oxygen atoms in total. The van der Waals surface area contributed by atoms with E-state index in [4.69, 9.17) is 9.84 Å². The van der Waals surface area contributed by atoms with E-state index in [-0.39, 0.29) is 37.3 Å². The molecule has 2 amide bonds. The number of carboxylic acids is 1. The highest BCUT2D eigenvalue weighted by Crippen LogP contribution is 2.44. The fourth-order valence-electron chi connectivity index (χ4n) is 4.94. The van der Waals surface area contributed by atoms with Crippen LogP contribution in [0.2, 0.25) is 0 Å². The Morgan fingerprint density at radius 1 is 1.03 bits per heavy atom. The number of hydrogen-bond donors (Lipinski definition) is 3. The van der Waals surface area contributed by atoms with Crippen LogP contribution in [0.5, 0.6) is 0 Å². The standard InChI is InChI=1S/C27H32N2O5/c1-17(2)23(14-24(30)31)29-25(32)27(12-7-13-27)16-28-26(33)34-15-22-20-10-5-3-8-18(20)19-9-4-6-11-21(19)22/h3-6,8-11,17,22-23H,7,12-16H2,1-2H3,(H,28,33)(H,29,32)(H,30,31)/t23-/m0/s1. The maximum Gasteiger partial charge on any atom is 0.407 e. The van der Waals surface area contributed by atoms with Crippen LogP contribution in [0.15, 0.2) is 48.5 Å². The van der Waals surface area contributed by atoms with Crippen LogP contribution in [0.4, 0.5) is 4.79 Å². The number of aliphatic carboxylic acids is 1. The summed E-state index contributed by atoms with van der Waals surface area (Å²) >= 11 is 0. The zero-order valence-electron chi connectivity index (χ0n) is 19.7. The Labute approximate surface area is 199 Å². The highest BCUT2D eigenvalue weighted by atomic mass is 16.5. The van der Waals surface area contributed by atoms with Crippen LogP contribution < -0.4 is 10.6 Å². The Bertz CT molecular complexity index is 1030. The number of fused-ring (bicyclic) bond motifs is 3. The number of benzene rings is 2. The number of hydrogen-bond acceptors (Lipinski definition) is 4. The topological polar surface area (TPSA) is 105 Å². The van der Waals surface area contributed by atoms with Gasteiger partial charge < -0.3 is 20.5 Å². The Morgan fingerprint density at radius 2 is 1.62 bits per heavy atom. The Kier molecular flexibility index (Phi) is 6.91. The average molecular weight is 465 g/mol. The summed E-state index contributed by atoms with van der Waals surface area (Å²) in [6, 6.07) is 15.9. The first-order chi connectivity index (χ1) is 16.3. The van der Waals surface area contributed by atoms with Crippen molar-refractivity contribution in [3.05, 3.63) is 59.7 Å². The molecule has 4 rings (SSSR count). The zero-order valence-corrected chi connectivity index (χ0v) is 19.7. The van der Waals surface area contributed by atoms with Crippen molar-refractivity contribution < 1.29 is 24.2 Å². The largest absolute Gasteiger partial charge is 0.481 e. The maximum absolute atomic E-state index is 13.0. The van der Waals surface area contributed by atoms with E-state index in [0.717, 1.165) is 17.5 Å². The fourth-order valence-corrected chi connectivity index (χ4v) is 4.94. The minimum absolute atomic E-state index is 0.00716. The van der Waals surface area contributed by atoms with Crippen molar-refractivity contribution >= 4 is 18.0 Å². The van der Waals surface area contributed by atoms with Gasteiger partial charge in [-0.05, 0) is 41.0 Å². The van der Waals surface area contributed by atoms with Crippen molar-refractivity contribution in [2.75, 3.05) is 13.2 Å². The zero-order chi connectivity index (χ0) is 24.3. The van der Waals surface area contributed by atoms with E-state index in [1.165, 1.54) is 11.1 Å². The van der Waals surface area contributed by atoms with Crippen LogP contribution >= 0.6 is 0 Å². The van der Waals surface area contributed by atoms with Crippen LogP contribution in [0.25, 0.3) is 11.1 Å². The van der Waals surface area contributed by atoms with Crippen LogP contribution in [0, 0.1) is 11.3 Å². The van der Waals surface area contributed by atoms with E-state index in [9.17, 15) is 14.4 Å². The molecule has 0 heterocycles. The second-order valence-electron chi connectivity index (χ2n) is 9.73. The van der Waals surface area contributed by atoms with Gasteiger partial charge in [-0.15, -0.1) is 0 Å². The maximum atomic E-state index is 13.0. The first-order valence-electron chi connectivity index (χ1n) is 11.9. The molecule has 1 fully saturated rings. The smallest absolute Gasteiger partial charge is 0.407 e. The summed E-state index contributed by atoms with van der Waals surface area (Å²) in [6.45, 7) is 4.16. The van der Waals surface area contributed by atoms with E-state index in [0.29, 0.717) is 12.8 Å². The number of carbonyl (C=O) groups excluding carboxylic acids is 2. The molecular weight excluding hydrogens is 432 g/mol. The van der Waals surface area contributed by atoms with E-state index in [2.05, 4.69) is 34.9 Å². The highest BCUT2D eigenvalue weighted by molar-refractivity contribution is 5.85. The average Bonchev–Trinajstić information content (AvgIpc) is 3.10. The molecular formula is C27H32N2O5. The van der Waals surface area contributed by atoms with Crippen molar-refractivity contribution in [2.24, 2.45) is 11.3 Å². The molecule has 0 radical (unpaired) electrons. The molecule has 0 saturated heterocycles. The van der Waals surface area contributed by atoms with Gasteiger partial charge in [0.05, 0.1) is 11.8 Å². The van der Waals surface area contributed by atoms with Gasteiger partial charge in [0.15, 0.2) is 0 Å². The van der Waals surface area contributed by atoms with Crippen molar-refractivity contribution in [2.45, 2.75) is 51.5 Å². The number of nitrogens with one attached hydrogen (secondary N) is 2. The summed E-state index contributed by atoms with van der Waals surface area (Å²) in [5, 5.41) is 14.8. The molecule has 0 aliphatic heterocycles. The third-order valence-electron chi connectivity index (χ3n) is 7.22. The lowest BCUT2D eigenvalue weighted by Gasteiger charge is -2.41. The van der Waals surface area contributed by atoms with E-state index in [1.807, 2.05) is 38.1 Å². The van der Waals surface area contributed by atoms with Crippen molar-refractivity contribution in [1.82, 2.24) is 10.6 Å². The Hall–Kier alpha value is -3.35. The summed E-state index contributed by atoms with van der Waals surface area (Å²) in [5.41, 5.74) is 3.91. The third-order valence-corrected chi connectivity index (χ3v) is 7.22. The molecule has 34 heavy (non-hydrogen) atoms. The summed E-state index contributed by atoms with van der Waals surface area (Å²) in [6.07, 6.45) is 1.53. The number of ether oxygens (including phenoxy) is 1. The molecule has 0 spiro atoms. The van der Waals surface area contributed by atoms with Gasteiger partial charge in [-0.25, -0.2) is 4.79 Å². The molecule has 2 aliphatic rings. The second-order valence-corrected chi connectivity index (χ2v) is 9.73. The predicted molar refractivity (Wildman–Crippen MR) is 128 cm³/mol. The van der Waals surface area contributed by atoms with E-state index in [1.54, 1.807) is 0 Å². The number of rotatable bonds is 9. The van der Waals surface area contributed by atoms with E-state index < -0.39 is 23.5 Å².